The third-order valence-electron chi connectivity index (χ3n) is 4.71. The van der Waals surface area contributed by atoms with E-state index < -0.39 is 0 Å². The van der Waals surface area contributed by atoms with Crippen molar-refractivity contribution in [3.8, 4) is 0 Å². The van der Waals surface area contributed by atoms with Gasteiger partial charge in [0.05, 0.1) is 30.2 Å². The molecule has 150 valence electrons. The number of fused-ring (bicyclic) bond motifs is 1. The maximum Gasteiger partial charge on any atom is 0.308 e. The summed E-state index contributed by atoms with van der Waals surface area (Å²) in [5.41, 5.74) is 0.103. The second-order valence-electron chi connectivity index (χ2n) is 6.57. The number of carbonyl (C=O) groups excluding carboxylic acids is 2. The number of Topliss-reactive ketones (excluding diaryl/α,β-unsaturated/α-hetero) is 1. The minimum Gasteiger partial charge on any atom is -0.469 e. The number of thiazole rings is 1. The van der Waals surface area contributed by atoms with Crippen molar-refractivity contribution in [1.29, 1.82) is 0 Å². The molecule has 3 aromatic rings. The Bertz CT molecular complexity index is 1110. The summed E-state index contributed by atoms with van der Waals surface area (Å²) in [6, 6.07) is -0.193. The highest BCUT2D eigenvalue weighted by atomic mass is 32.2. The number of ketones is 1. The SMILES string of the molecule is COC(=O)C1CC(n2c(SCC(=O)Cc3nccs3)nc3nccnc3c2=O)C1. The maximum absolute atomic E-state index is 13.0. The smallest absolute Gasteiger partial charge is 0.308 e. The fraction of sp³-hybridized carbons (Fsp3) is 0.389. The van der Waals surface area contributed by atoms with E-state index in [9.17, 15) is 14.4 Å². The van der Waals surface area contributed by atoms with Crippen LogP contribution in [0.3, 0.4) is 0 Å². The summed E-state index contributed by atoms with van der Waals surface area (Å²) in [4.78, 5) is 53.9. The fourth-order valence-corrected chi connectivity index (χ4v) is 4.75. The van der Waals surface area contributed by atoms with Gasteiger partial charge < -0.3 is 4.74 Å². The van der Waals surface area contributed by atoms with E-state index in [-0.39, 0.29) is 52.6 Å². The van der Waals surface area contributed by atoms with Gasteiger partial charge in [0.2, 0.25) is 0 Å². The van der Waals surface area contributed by atoms with E-state index in [2.05, 4.69) is 19.9 Å². The molecule has 4 rings (SSSR count). The highest BCUT2D eigenvalue weighted by Crippen LogP contribution is 2.39. The van der Waals surface area contributed by atoms with Gasteiger partial charge in [0.15, 0.2) is 16.3 Å². The van der Waals surface area contributed by atoms with Gasteiger partial charge in [-0.25, -0.2) is 19.9 Å². The van der Waals surface area contributed by atoms with E-state index in [1.165, 1.54) is 47.2 Å². The molecule has 1 saturated carbocycles. The second-order valence-corrected chi connectivity index (χ2v) is 8.49. The lowest BCUT2D eigenvalue weighted by Crippen LogP contribution is -2.39. The Kier molecular flexibility index (Phi) is 5.67. The number of rotatable bonds is 7. The zero-order valence-electron chi connectivity index (χ0n) is 15.5. The number of thioether (sulfide) groups is 1. The van der Waals surface area contributed by atoms with Gasteiger partial charge in [-0.2, -0.15) is 0 Å². The van der Waals surface area contributed by atoms with Crippen LogP contribution in [0.25, 0.3) is 11.2 Å². The van der Waals surface area contributed by atoms with Crippen LogP contribution in [0, 0.1) is 5.92 Å². The predicted molar refractivity (Wildman–Crippen MR) is 107 cm³/mol. The summed E-state index contributed by atoms with van der Waals surface area (Å²) in [6.07, 6.45) is 5.79. The molecule has 0 radical (unpaired) electrons. The quantitative estimate of drug-likeness (QED) is 0.313. The van der Waals surface area contributed by atoms with Gasteiger partial charge in [-0.15, -0.1) is 11.3 Å². The van der Waals surface area contributed by atoms with Crippen LogP contribution < -0.4 is 5.56 Å². The molecule has 0 atom stereocenters. The lowest BCUT2D eigenvalue weighted by molar-refractivity contribution is -0.149. The Balaban J connectivity index is 1.59. The molecular formula is C18H17N5O4S2. The van der Waals surface area contributed by atoms with Gasteiger partial charge in [-0.1, -0.05) is 11.8 Å². The lowest BCUT2D eigenvalue weighted by atomic mass is 9.80. The van der Waals surface area contributed by atoms with Crippen LogP contribution in [0.1, 0.15) is 23.9 Å². The molecule has 3 aromatic heterocycles. The minimum absolute atomic E-state index is 0.00830. The first kappa shape index (κ1) is 19.6. The fourth-order valence-electron chi connectivity index (χ4n) is 3.20. The van der Waals surface area contributed by atoms with Crippen LogP contribution in [-0.4, -0.2) is 49.1 Å². The number of methoxy groups -OCH3 is 1. The zero-order chi connectivity index (χ0) is 20.4. The molecule has 0 aromatic carbocycles. The Morgan fingerprint density at radius 3 is 2.76 bits per heavy atom. The molecule has 0 aliphatic heterocycles. The molecular weight excluding hydrogens is 414 g/mol. The second kappa shape index (κ2) is 8.37. The molecule has 0 amide bonds. The van der Waals surface area contributed by atoms with Crippen molar-refractivity contribution in [2.45, 2.75) is 30.5 Å². The maximum atomic E-state index is 13.0. The Labute approximate surface area is 173 Å². The van der Waals surface area contributed by atoms with Gasteiger partial charge in [0.25, 0.3) is 5.56 Å². The number of hydrogen-bond donors (Lipinski definition) is 0. The standard InChI is InChI=1S/C18H17N5O4S2/c1-27-17(26)10-6-11(7-10)23-16(25)14-15(21-3-2-20-14)22-18(23)29-9-12(24)8-13-19-4-5-28-13/h2-5,10-11H,6-9H2,1H3. The van der Waals surface area contributed by atoms with Crippen LogP contribution in [0.2, 0.25) is 0 Å². The van der Waals surface area contributed by atoms with Crippen molar-refractivity contribution in [3.05, 3.63) is 39.3 Å². The highest BCUT2D eigenvalue weighted by molar-refractivity contribution is 7.99. The van der Waals surface area contributed by atoms with Crippen LogP contribution in [0.5, 0.6) is 0 Å². The monoisotopic (exact) mass is 431 g/mol. The molecule has 1 aliphatic carbocycles. The van der Waals surface area contributed by atoms with Gasteiger partial charge in [0, 0.05) is 30.0 Å². The van der Waals surface area contributed by atoms with Crippen molar-refractivity contribution in [1.82, 2.24) is 24.5 Å². The number of carbonyl (C=O) groups is 2. The van der Waals surface area contributed by atoms with Crippen molar-refractivity contribution in [2.75, 3.05) is 12.9 Å². The third-order valence-corrected chi connectivity index (χ3v) is 6.51. The van der Waals surface area contributed by atoms with E-state index >= 15 is 0 Å². The lowest BCUT2D eigenvalue weighted by Gasteiger charge is -2.35. The Morgan fingerprint density at radius 1 is 1.24 bits per heavy atom. The molecule has 1 aliphatic rings. The normalized spacial score (nSPS) is 18.4. The first-order valence-corrected chi connectivity index (χ1v) is 10.8. The van der Waals surface area contributed by atoms with E-state index in [0.717, 1.165) is 5.01 Å². The first-order chi connectivity index (χ1) is 14.1. The summed E-state index contributed by atoms with van der Waals surface area (Å²) >= 11 is 2.62. The average Bonchev–Trinajstić information content (AvgIpc) is 3.19. The molecule has 1 fully saturated rings. The van der Waals surface area contributed by atoms with Crippen LogP contribution in [0.4, 0.5) is 0 Å². The third kappa shape index (κ3) is 4.06. The number of aromatic nitrogens is 5. The summed E-state index contributed by atoms with van der Waals surface area (Å²) in [5, 5.41) is 2.99. The van der Waals surface area contributed by atoms with Crippen molar-refractivity contribution in [3.63, 3.8) is 0 Å². The minimum atomic E-state index is -0.314. The Hall–Kier alpha value is -2.66. The average molecular weight is 431 g/mol. The number of ether oxygens (including phenoxy) is 1. The molecule has 0 spiro atoms. The molecule has 0 N–H and O–H groups in total. The molecule has 29 heavy (non-hydrogen) atoms. The molecule has 0 unspecified atom stereocenters. The van der Waals surface area contributed by atoms with E-state index in [0.29, 0.717) is 18.0 Å². The van der Waals surface area contributed by atoms with Gasteiger partial charge in [-0.05, 0) is 12.8 Å². The van der Waals surface area contributed by atoms with Gasteiger partial charge >= 0.3 is 5.97 Å². The van der Waals surface area contributed by atoms with Gasteiger partial charge in [-0.3, -0.25) is 19.0 Å². The zero-order valence-corrected chi connectivity index (χ0v) is 17.1. The van der Waals surface area contributed by atoms with Gasteiger partial charge in [0.1, 0.15) is 5.78 Å². The van der Waals surface area contributed by atoms with E-state index in [1.807, 2.05) is 5.38 Å². The summed E-state index contributed by atoms with van der Waals surface area (Å²) in [7, 11) is 1.35. The number of esters is 1. The van der Waals surface area contributed by atoms with E-state index in [1.54, 1.807) is 6.20 Å². The first-order valence-electron chi connectivity index (χ1n) is 8.90. The topological polar surface area (TPSA) is 117 Å². The number of nitrogens with zero attached hydrogens (tertiary/aromatic N) is 5. The summed E-state index contributed by atoms with van der Waals surface area (Å²) in [5.74, 6) is -0.370. The predicted octanol–water partition coefficient (Wildman–Crippen LogP) is 1.67. The van der Waals surface area contributed by atoms with Crippen molar-refractivity contribution >= 4 is 46.0 Å². The molecule has 0 bridgehead atoms. The van der Waals surface area contributed by atoms with Crippen molar-refractivity contribution in [2.24, 2.45) is 5.92 Å². The molecule has 0 saturated heterocycles. The van der Waals surface area contributed by atoms with E-state index in [4.69, 9.17) is 4.74 Å². The van der Waals surface area contributed by atoms with Crippen LogP contribution in [-0.2, 0) is 20.7 Å². The van der Waals surface area contributed by atoms with Crippen LogP contribution in [0.15, 0.2) is 33.9 Å². The van der Waals surface area contributed by atoms with Crippen molar-refractivity contribution < 1.29 is 14.3 Å². The highest BCUT2D eigenvalue weighted by Gasteiger charge is 2.38. The Morgan fingerprint density at radius 2 is 2.03 bits per heavy atom. The molecule has 9 nitrogen and oxygen atoms in total. The number of hydrogen-bond acceptors (Lipinski definition) is 10. The van der Waals surface area contributed by atoms with Crippen LogP contribution >= 0.6 is 23.1 Å². The largest absolute Gasteiger partial charge is 0.469 e. The molecule has 3 heterocycles. The summed E-state index contributed by atoms with van der Waals surface area (Å²) < 4.78 is 6.32. The molecule has 11 heteroatoms. The summed E-state index contributed by atoms with van der Waals surface area (Å²) in [6.45, 7) is 0.